The Kier molecular flexibility index (Phi) is 2.80. The number of hydrogen-bond acceptors (Lipinski definition) is 1. The topological polar surface area (TPSA) is 29.1 Å². The average Bonchev–Trinajstić information content (AvgIpc) is 2.53. The van der Waals surface area contributed by atoms with Gasteiger partial charge in [-0.3, -0.25) is 4.79 Å². The molecule has 1 heterocycles. The predicted molar refractivity (Wildman–Crippen MR) is 56.9 cm³/mol. The fourth-order valence-electron chi connectivity index (χ4n) is 3.09. The third-order valence-corrected chi connectivity index (χ3v) is 4.06. The van der Waals surface area contributed by atoms with Crippen molar-refractivity contribution in [1.82, 2.24) is 5.32 Å². The van der Waals surface area contributed by atoms with Gasteiger partial charge in [0.15, 0.2) is 0 Å². The van der Waals surface area contributed by atoms with Crippen LogP contribution in [0.25, 0.3) is 0 Å². The zero-order chi connectivity index (χ0) is 10.0. The van der Waals surface area contributed by atoms with Gasteiger partial charge in [-0.25, -0.2) is 0 Å². The Labute approximate surface area is 86.5 Å². The fourth-order valence-corrected chi connectivity index (χ4v) is 3.09. The van der Waals surface area contributed by atoms with Crippen molar-refractivity contribution in [2.24, 2.45) is 11.3 Å². The Morgan fingerprint density at radius 1 is 1.43 bits per heavy atom. The van der Waals surface area contributed by atoms with Crippen molar-refractivity contribution in [3.8, 4) is 0 Å². The SMILES string of the molecule is CCCC1CCC2(CC1)CNC(=O)C2. The van der Waals surface area contributed by atoms with Crippen LogP contribution in [0.5, 0.6) is 0 Å². The van der Waals surface area contributed by atoms with Crippen LogP contribution in [-0.2, 0) is 4.79 Å². The predicted octanol–water partition coefficient (Wildman–Crippen LogP) is 2.48. The van der Waals surface area contributed by atoms with Crippen LogP contribution >= 0.6 is 0 Å². The van der Waals surface area contributed by atoms with Crippen molar-refractivity contribution in [3.63, 3.8) is 0 Å². The lowest BCUT2D eigenvalue weighted by atomic mass is 9.69. The maximum Gasteiger partial charge on any atom is 0.220 e. The highest BCUT2D eigenvalue weighted by Gasteiger charge is 2.40. The van der Waals surface area contributed by atoms with Crippen molar-refractivity contribution < 1.29 is 4.79 Å². The molecular weight excluding hydrogens is 174 g/mol. The summed E-state index contributed by atoms with van der Waals surface area (Å²) in [4.78, 5) is 11.2. The lowest BCUT2D eigenvalue weighted by molar-refractivity contribution is -0.119. The van der Waals surface area contributed by atoms with Gasteiger partial charge in [0.05, 0.1) is 0 Å². The highest BCUT2D eigenvalue weighted by molar-refractivity contribution is 5.79. The third-order valence-electron chi connectivity index (χ3n) is 4.06. The van der Waals surface area contributed by atoms with Gasteiger partial charge in [-0.05, 0) is 37.0 Å². The molecule has 0 bridgehead atoms. The van der Waals surface area contributed by atoms with Crippen LogP contribution in [0, 0.1) is 11.3 Å². The zero-order valence-electron chi connectivity index (χ0n) is 9.14. The lowest BCUT2D eigenvalue weighted by Gasteiger charge is -2.35. The van der Waals surface area contributed by atoms with Crippen LogP contribution in [0.3, 0.4) is 0 Å². The van der Waals surface area contributed by atoms with Crippen LogP contribution in [0.4, 0.5) is 0 Å². The molecule has 0 aromatic carbocycles. The Bertz CT molecular complexity index is 216. The molecule has 1 amide bonds. The van der Waals surface area contributed by atoms with E-state index in [-0.39, 0.29) is 5.91 Å². The molecule has 1 saturated carbocycles. The van der Waals surface area contributed by atoms with Crippen molar-refractivity contribution in [2.45, 2.75) is 51.9 Å². The molecule has 2 fully saturated rings. The van der Waals surface area contributed by atoms with Crippen LogP contribution in [0.2, 0.25) is 0 Å². The number of hydrogen-bond donors (Lipinski definition) is 1. The van der Waals surface area contributed by atoms with Crippen LogP contribution < -0.4 is 5.32 Å². The maximum atomic E-state index is 11.2. The van der Waals surface area contributed by atoms with Gasteiger partial charge in [0.1, 0.15) is 0 Å². The summed E-state index contributed by atoms with van der Waals surface area (Å²) in [6.07, 6.45) is 8.75. The van der Waals surface area contributed by atoms with E-state index < -0.39 is 0 Å². The number of carbonyl (C=O) groups excluding carboxylic acids is 1. The molecule has 2 heteroatoms. The molecule has 80 valence electrons. The summed E-state index contributed by atoms with van der Waals surface area (Å²) in [5.41, 5.74) is 0.362. The summed E-state index contributed by atoms with van der Waals surface area (Å²) >= 11 is 0. The van der Waals surface area contributed by atoms with Crippen LogP contribution in [0.1, 0.15) is 51.9 Å². The third kappa shape index (κ3) is 1.94. The first-order chi connectivity index (χ1) is 6.74. The number of rotatable bonds is 2. The highest BCUT2D eigenvalue weighted by Crippen LogP contribution is 2.44. The van der Waals surface area contributed by atoms with Gasteiger partial charge in [-0.15, -0.1) is 0 Å². The van der Waals surface area contributed by atoms with Gasteiger partial charge < -0.3 is 5.32 Å². The molecule has 14 heavy (non-hydrogen) atoms. The summed E-state index contributed by atoms with van der Waals surface area (Å²) in [6, 6.07) is 0. The Morgan fingerprint density at radius 2 is 2.14 bits per heavy atom. The molecule has 1 spiro atoms. The van der Waals surface area contributed by atoms with E-state index in [0.29, 0.717) is 5.41 Å². The van der Waals surface area contributed by atoms with Crippen molar-refractivity contribution in [3.05, 3.63) is 0 Å². The van der Waals surface area contributed by atoms with Crippen LogP contribution in [0.15, 0.2) is 0 Å². The van der Waals surface area contributed by atoms with Gasteiger partial charge in [-0.1, -0.05) is 19.8 Å². The van der Waals surface area contributed by atoms with E-state index in [1.165, 1.54) is 38.5 Å². The summed E-state index contributed by atoms with van der Waals surface area (Å²) in [5, 5.41) is 2.99. The second-order valence-corrected chi connectivity index (χ2v) is 5.19. The summed E-state index contributed by atoms with van der Waals surface area (Å²) < 4.78 is 0. The molecule has 0 radical (unpaired) electrons. The normalized spacial score (nSPS) is 37.5. The molecule has 0 aromatic rings. The minimum absolute atomic E-state index is 0.277. The van der Waals surface area contributed by atoms with E-state index in [0.717, 1.165) is 18.9 Å². The van der Waals surface area contributed by atoms with E-state index in [9.17, 15) is 4.79 Å². The minimum Gasteiger partial charge on any atom is -0.356 e. The van der Waals surface area contributed by atoms with Crippen molar-refractivity contribution >= 4 is 5.91 Å². The molecule has 1 saturated heterocycles. The first kappa shape index (κ1) is 10.0. The zero-order valence-corrected chi connectivity index (χ0v) is 9.14. The van der Waals surface area contributed by atoms with Gasteiger partial charge in [0.2, 0.25) is 5.91 Å². The highest BCUT2D eigenvalue weighted by atomic mass is 16.1. The molecule has 0 aromatic heterocycles. The minimum atomic E-state index is 0.277. The number of amides is 1. The van der Waals surface area contributed by atoms with Crippen molar-refractivity contribution in [1.29, 1.82) is 0 Å². The van der Waals surface area contributed by atoms with Gasteiger partial charge in [-0.2, -0.15) is 0 Å². The molecule has 2 rings (SSSR count). The Balaban J connectivity index is 1.86. The molecule has 1 aliphatic carbocycles. The molecule has 0 unspecified atom stereocenters. The molecule has 2 aliphatic rings. The standard InChI is InChI=1S/C12H21NO/c1-2-3-10-4-6-12(7-5-10)8-11(14)13-9-12/h10H,2-9H2,1H3,(H,13,14). The Hall–Kier alpha value is -0.530. The van der Waals surface area contributed by atoms with E-state index in [1.54, 1.807) is 0 Å². The Morgan fingerprint density at radius 3 is 2.64 bits per heavy atom. The molecule has 1 aliphatic heterocycles. The van der Waals surface area contributed by atoms with E-state index in [2.05, 4.69) is 12.2 Å². The van der Waals surface area contributed by atoms with E-state index in [4.69, 9.17) is 0 Å². The molecule has 1 N–H and O–H groups in total. The maximum absolute atomic E-state index is 11.2. The molecular formula is C12H21NO. The summed E-state index contributed by atoms with van der Waals surface area (Å²) in [7, 11) is 0. The second kappa shape index (κ2) is 3.92. The summed E-state index contributed by atoms with van der Waals surface area (Å²) in [6.45, 7) is 3.22. The van der Waals surface area contributed by atoms with Crippen LogP contribution in [-0.4, -0.2) is 12.5 Å². The lowest BCUT2D eigenvalue weighted by Crippen LogP contribution is -2.29. The second-order valence-electron chi connectivity index (χ2n) is 5.19. The number of carbonyl (C=O) groups is 1. The monoisotopic (exact) mass is 195 g/mol. The van der Waals surface area contributed by atoms with E-state index in [1.807, 2.05) is 0 Å². The molecule has 2 nitrogen and oxygen atoms in total. The van der Waals surface area contributed by atoms with Gasteiger partial charge in [0, 0.05) is 13.0 Å². The quantitative estimate of drug-likeness (QED) is 0.720. The summed E-state index contributed by atoms with van der Waals surface area (Å²) in [5.74, 6) is 1.22. The number of nitrogens with one attached hydrogen (secondary N) is 1. The van der Waals surface area contributed by atoms with E-state index >= 15 is 0 Å². The first-order valence-electron chi connectivity index (χ1n) is 6.01. The molecule has 0 atom stereocenters. The first-order valence-corrected chi connectivity index (χ1v) is 6.01. The largest absolute Gasteiger partial charge is 0.356 e. The van der Waals surface area contributed by atoms with Gasteiger partial charge in [0.25, 0.3) is 0 Å². The van der Waals surface area contributed by atoms with Gasteiger partial charge >= 0.3 is 0 Å². The van der Waals surface area contributed by atoms with Crippen molar-refractivity contribution in [2.75, 3.05) is 6.54 Å². The fraction of sp³-hybridized carbons (Fsp3) is 0.917. The smallest absolute Gasteiger partial charge is 0.220 e. The average molecular weight is 195 g/mol.